The molecule has 0 fully saturated rings. The molecule has 0 radical (unpaired) electrons. The van der Waals surface area contributed by atoms with E-state index in [2.05, 4.69) is 0 Å². The summed E-state index contributed by atoms with van der Waals surface area (Å²) in [7, 11) is 0. The van der Waals surface area contributed by atoms with Gasteiger partial charge in [0.1, 0.15) is 11.3 Å². The Balaban J connectivity index is 2.64. The van der Waals surface area contributed by atoms with Crippen molar-refractivity contribution in [3.8, 4) is 0 Å². The van der Waals surface area contributed by atoms with Crippen LogP contribution in [0.3, 0.4) is 0 Å². The molecule has 0 unspecified atom stereocenters. The van der Waals surface area contributed by atoms with Crippen LogP contribution in [0.1, 0.15) is 49.7 Å². The Morgan fingerprint density at radius 2 is 2.00 bits per heavy atom. The number of nitrogens with zero attached hydrogens (tertiary/aromatic N) is 1. The van der Waals surface area contributed by atoms with Crippen molar-refractivity contribution in [2.45, 2.75) is 40.0 Å². The van der Waals surface area contributed by atoms with Gasteiger partial charge in [0.2, 0.25) is 11.6 Å². The highest BCUT2D eigenvalue weighted by Gasteiger charge is 2.28. The summed E-state index contributed by atoms with van der Waals surface area (Å²) in [5, 5.41) is 11.3. The fourth-order valence-corrected chi connectivity index (χ4v) is 2.40. The summed E-state index contributed by atoms with van der Waals surface area (Å²) >= 11 is 0. The van der Waals surface area contributed by atoms with Crippen molar-refractivity contribution >= 4 is 28.2 Å². The van der Waals surface area contributed by atoms with Crippen molar-refractivity contribution < 1.29 is 18.9 Å². The zero-order valence-electron chi connectivity index (χ0n) is 13.4. The average Bonchev–Trinajstić information content (AvgIpc) is 2.88. The van der Waals surface area contributed by atoms with Crippen molar-refractivity contribution in [2.75, 3.05) is 0 Å². The van der Waals surface area contributed by atoms with Crippen LogP contribution in [0.25, 0.3) is 11.0 Å². The van der Waals surface area contributed by atoms with Gasteiger partial charge in [-0.05, 0) is 12.5 Å². The first-order valence-electron chi connectivity index (χ1n) is 7.65. The summed E-state index contributed by atoms with van der Waals surface area (Å²) in [5.41, 5.74) is 0.434. The number of non-ortho nitro benzene ring substituents is 1. The van der Waals surface area contributed by atoms with Crippen molar-refractivity contribution in [3.63, 3.8) is 0 Å². The van der Waals surface area contributed by atoms with Crippen molar-refractivity contribution in [1.82, 2.24) is 0 Å². The minimum absolute atomic E-state index is 0.133. The predicted octanol–water partition coefficient (Wildman–Crippen LogP) is 4.09. The van der Waals surface area contributed by atoms with E-state index in [4.69, 9.17) is 4.42 Å². The quantitative estimate of drug-likeness (QED) is 0.332. The molecule has 1 aromatic heterocycles. The second kappa shape index (κ2) is 6.73. The first-order valence-corrected chi connectivity index (χ1v) is 7.65. The second-order valence-corrected chi connectivity index (χ2v) is 5.79. The van der Waals surface area contributed by atoms with Crippen LogP contribution in [0.4, 0.5) is 5.69 Å². The topological polar surface area (TPSA) is 90.4 Å². The van der Waals surface area contributed by atoms with Crippen LogP contribution in [-0.4, -0.2) is 16.5 Å². The summed E-state index contributed by atoms with van der Waals surface area (Å²) in [4.78, 5) is 35.1. The Morgan fingerprint density at radius 3 is 2.57 bits per heavy atom. The summed E-state index contributed by atoms with van der Waals surface area (Å²) in [6.07, 6.45) is 2.23. The van der Waals surface area contributed by atoms with E-state index in [1.807, 2.05) is 6.92 Å². The second-order valence-electron chi connectivity index (χ2n) is 5.79. The number of furan rings is 1. The first kappa shape index (κ1) is 16.9. The molecule has 0 atom stereocenters. The number of benzene rings is 1. The molecular formula is C17H19NO5. The lowest BCUT2D eigenvalue weighted by Crippen LogP contribution is -2.20. The molecule has 0 amide bonds. The summed E-state index contributed by atoms with van der Waals surface area (Å²) < 4.78 is 5.69. The molecule has 1 aromatic carbocycles. The zero-order chi connectivity index (χ0) is 17.1. The molecule has 0 aliphatic heterocycles. The van der Waals surface area contributed by atoms with Gasteiger partial charge in [-0.2, -0.15) is 0 Å². The molecule has 0 spiro atoms. The van der Waals surface area contributed by atoms with E-state index in [1.165, 1.54) is 18.2 Å². The summed E-state index contributed by atoms with van der Waals surface area (Å²) in [5.74, 6) is -1.16. The number of rotatable bonds is 7. The maximum absolute atomic E-state index is 12.5. The lowest BCUT2D eigenvalue weighted by Gasteiger charge is -2.04. The molecule has 23 heavy (non-hydrogen) atoms. The van der Waals surface area contributed by atoms with Crippen molar-refractivity contribution in [3.05, 3.63) is 39.6 Å². The minimum Gasteiger partial charge on any atom is -0.460 e. The smallest absolute Gasteiger partial charge is 0.270 e. The standard InChI is InChI=1S/C17H19NO5/c1-4-5-6-14-15(17(20)16(19)10(2)3)12-9-11(18(21)22)7-8-13(12)23-14/h7-10H,4-6H2,1-3H3. The number of nitro groups is 1. The Hall–Kier alpha value is -2.50. The highest BCUT2D eigenvalue weighted by Crippen LogP contribution is 2.31. The average molecular weight is 317 g/mol. The number of hydrogen-bond donors (Lipinski definition) is 0. The SMILES string of the molecule is CCCCc1oc2ccc([N+](=O)[O-])cc2c1C(=O)C(=O)C(C)C. The minimum atomic E-state index is -0.634. The number of fused-ring (bicyclic) bond motifs is 1. The molecule has 122 valence electrons. The van der Waals surface area contributed by atoms with Gasteiger partial charge in [-0.15, -0.1) is 0 Å². The molecule has 1 heterocycles. The molecule has 0 aliphatic rings. The van der Waals surface area contributed by atoms with Gasteiger partial charge in [0.15, 0.2) is 0 Å². The van der Waals surface area contributed by atoms with Crippen LogP contribution in [0, 0.1) is 16.0 Å². The molecule has 6 nitrogen and oxygen atoms in total. The van der Waals surface area contributed by atoms with Crippen LogP contribution in [-0.2, 0) is 11.2 Å². The molecule has 2 aromatic rings. The molecule has 0 N–H and O–H groups in total. The molecule has 0 saturated carbocycles. The van der Waals surface area contributed by atoms with E-state index in [0.29, 0.717) is 23.2 Å². The molecular weight excluding hydrogens is 298 g/mol. The number of ketones is 2. The van der Waals surface area contributed by atoms with Gasteiger partial charge in [-0.25, -0.2) is 0 Å². The highest BCUT2D eigenvalue weighted by molar-refractivity contribution is 6.46. The van der Waals surface area contributed by atoms with Gasteiger partial charge < -0.3 is 4.42 Å². The lowest BCUT2D eigenvalue weighted by atomic mass is 9.96. The zero-order valence-corrected chi connectivity index (χ0v) is 13.4. The van der Waals surface area contributed by atoms with Gasteiger partial charge in [0.05, 0.1) is 10.5 Å². The Labute approximate surface area is 133 Å². The third-order valence-electron chi connectivity index (χ3n) is 3.69. The van der Waals surface area contributed by atoms with Gasteiger partial charge in [0, 0.05) is 29.9 Å². The van der Waals surface area contributed by atoms with Crippen molar-refractivity contribution in [2.24, 2.45) is 5.92 Å². The van der Waals surface area contributed by atoms with Crippen LogP contribution in [0.2, 0.25) is 0 Å². The van der Waals surface area contributed by atoms with Gasteiger partial charge in [-0.3, -0.25) is 19.7 Å². The third-order valence-corrected chi connectivity index (χ3v) is 3.69. The van der Waals surface area contributed by atoms with Gasteiger partial charge in [0.25, 0.3) is 5.69 Å². The normalized spacial score (nSPS) is 11.1. The number of aryl methyl sites for hydroxylation is 1. The number of unbranched alkanes of at least 4 members (excludes halogenated alkanes) is 1. The maximum Gasteiger partial charge on any atom is 0.270 e. The fourth-order valence-electron chi connectivity index (χ4n) is 2.40. The third kappa shape index (κ3) is 3.31. The van der Waals surface area contributed by atoms with Gasteiger partial charge >= 0.3 is 0 Å². The van der Waals surface area contributed by atoms with Crippen molar-refractivity contribution in [1.29, 1.82) is 0 Å². The molecule has 0 saturated heterocycles. The van der Waals surface area contributed by atoms with Gasteiger partial charge in [-0.1, -0.05) is 27.2 Å². The number of carbonyl (C=O) groups is 2. The number of hydrogen-bond acceptors (Lipinski definition) is 5. The van der Waals surface area contributed by atoms with E-state index in [-0.39, 0.29) is 11.3 Å². The van der Waals surface area contributed by atoms with E-state index in [9.17, 15) is 19.7 Å². The number of Topliss-reactive ketones (excluding diaryl/α,β-unsaturated/α-hetero) is 2. The monoisotopic (exact) mass is 317 g/mol. The molecule has 0 aliphatic carbocycles. The van der Waals surface area contributed by atoms with Crippen LogP contribution in [0.5, 0.6) is 0 Å². The lowest BCUT2D eigenvalue weighted by molar-refractivity contribution is -0.384. The molecule has 2 rings (SSSR count). The van der Waals surface area contributed by atoms with Crippen LogP contribution in [0.15, 0.2) is 22.6 Å². The molecule has 6 heteroatoms. The Bertz CT molecular complexity index is 773. The number of carbonyl (C=O) groups excluding carboxylic acids is 2. The van der Waals surface area contributed by atoms with E-state index >= 15 is 0 Å². The van der Waals surface area contributed by atoms with E-state index in [1.54, 1.807) is 13.8 Å². The summed E-state index contributed by atoms with van der Waals surface area (Å²) in [6.45, 7) is 5.31. The molecule has 0 bridgehead atoms. The Morgan fingerprint density at radius 1 is 1.30 bits per heavy atom. The summed E-state index contributed by atoms with van der Waals surface area (Å²) in [6, 6.07) is 4.10. The van der Waals surface area contributed by atoms with Crippen LogP contribution < -0.4 is 0 Å². The fraction of sp³-hybridized carbons (Fsp3) is 0.412. The van der Waals surface area contributed by atoms with Crippen LogP contribution >= 0.6 is 0 Å². The first-order chi connectivity index (χ1) is 10.9. The highest BCUT2D eigenvalue weighted by atomic mass is 16.6. The number of nitro benzene ring substituents is 1. The largest absolute Gasteiger partial charge is 0.460 e. The predicted molar refractivity (Wildman–Crippen MR) is 85.7 cm³/mol. The maximum atomic E-state index is 12.5. The van der Waals surface area contributed by atoms with E-state index in [0.717, 1.165) is 12.8 Å². The Kier molecular flexibility index (Phi) is 4.93. The van der Waals surface area contributed by atoms with E-state index < -0.39 is 22.4 Å².